The van der Waals surface area contributed by atoms with E-state index in [0.29, 0.717) is 11.5 Å². The molecule has 0 aromatic heterocycles. The first-order valence-electron chi connectivity index (χ1n) is 5.52. The summed E-state index contributed by atoms with van der Waals surface area (Å²) >= 11 is 5.55. The highest BCUT2D eigenvalue weighted by molar-refractivity contribution is 6.31. The molecule has 0 amide bonds. The van der Waals surface area contributed by atoms with Crippen LogP contribution in [-0.2, 0) is 6.18 Å². The summed E-state index contributed by atoms with van der Waals surface area (Å²) in [6.45, 7) is 0. The first-order chi connectivity index (χ1) is 7.89. The third-order valence-corrected chi connectivity index (χ3v) is 3.67. The summed E-state index contributed by atoms with van der Waals surface area (Å²) in [7, 11) is 0. The Morgan fingerprint density at radius 2 is 1.89 bits per heavy atom. The molecule has 0 spiro atoms. The lowest BCUT2D eigenvalue weighted by molar-refractivity contribution is -0.137. The van der Waals surface area contributed by atoms with Gasteiger partial charge >= 0.3 is 6.18 Å². The van der Waals surface area contributed by atoms with Crippen molar-refractivity contribution in [2.24, 2.45) is 11.7 Å². The Morgan fingerprint density at radius 1 is 1.28 bits per heavy atom. The average molecular weight is 300 g/mol. The van der Waals surface area contributed by atoms with E-state index in [1.807, 2.05) is 0 Å². The van der Waals surface area contributed by atoms with E-state index in [9.17, 15) is 13.2 Å². The van der Waals surface area contributed by atoms with Crippen LogP contribution >= 0.6 is 24.0 Å². The Kier molecular flexibility index (Phi) is 4.92. The second kappa shape index (κ2) is 5.68. The third kappa shape index (κ3) is 3.11. The fourth-order valence-electron chi connectivity index (χ4n) is 2.04. The number of benzene rings is 1. The summed E-state index contributed by atoms with van der Waals surface area (Å²) in [4.78, 5) is 0. The standard InChI is InChI=1S/C12H13ClF3N.ClH/c13-10-5-4-8(6-9(10)12(14,15)16)11(17)7-2-1-3-7;/h4-7,11H,1-3,17H2;1H/t11-;/m0./s1. The van der Waals surface area contributed by atoms with Gasteiger partial charge in [0.2, 0.25) is 0 Å². The molecule has 1 aliphatic carbocycles. The fraction of sp³-hybridized carbons (Fsp3) is 0.500. The third-order valence-electron chi connectivity index (χ3n) is 3.34. The number of hydrogen-bond donors (Lipinski definition) is 1. The molecule has 0 heterocycles. The van der Waals surface area contributed by atoms with Gasteiger partial charge in [0.15, 0.2) is 0 Å². The largest absolute Gasteiger partial charge is 0.417 e. The van der Waals surface area contributed by atoms with Gasteiger partial charge in [0.1, 0.15) is 0 Å². The summed E-state index contributed by atoms with van der Waals surface area (Å²) in [5, 5.41) is -0.276. The van der Waals surface area contributed by atoms with Gasteiger partial charge in [-0.15, -0.1) is 12.4 Å². The average Bonchev–Trinajstić information content (AvgIpc) is 2.13. The molecule has 1 saturated carbocycles. The maximum Gasteiger partial charge on any atom is 0.417 e. The van der Waals surface area contributed by atoms with Crippen LogP contribution in [0.3, 0.4) is 0 Å². The highest BCUT2D eigenvalue weighted by Crippen LogP contribution is 2.40. The Morgan fingerprint density at radius 3 is 2.33 bits per heavy atom. The van der Waals surface area contributed by atoms with E-state index in [2.05, 4.69) is 0 Å². The van der Waals surface area contributed by atoms with Crippen LogP contribution in [0, 0.1) is 5.92 Å². The van der Waals surface area contributed by atoms with Crippen molar-refractivity contribution in [2.75, 3.05) is 0 Å². The molecule has 6 heteroatoms. The summed E-state index contributed by atoms with van der Waals surface area (Å²) in [5.74, 6) is 0.303. The van der Waals surface area contributed by atoms with Crippen molar-refractivity contribution in [3.63, 3.8) is 0 Å². The molecular weight excluding hydrogens is 286 g/mol. The monoisotopic (exact) mass is 299 g/mol. The van der Waals surface area contributed by atoms with Crippen LogP contribution in [0.5, 0.6) is 0 Å². The van der Waals surface area contributed by atoms with E-state index in [1.165, 1.54) is 6.07 Å². The molecule has 18 heavy (non-hydrogen) atoms. The summed E-state index contributed by atoms with van der Waals surface area (Å²) in [6, 6.07) is 3.62. The lowest BCUT2D eigenvalue weighted by atomic mass is 9.77. The van der Waals surface area contributed by atoms with Crippen molar-refractivity contribution in [1.82, 2.24) is 0 Å². The van der Waals surface area contributed by atoms with Gasteiger partial charge in [-0.25, -0.2) is 0 Å². The molecule has 0 bridgehead atoms. The van der Waals surface area contributed by atoms with Crippen molar-refractivity contribution >= 4 is 24.0 Å². The van der Waals surface area contributed by atoms with E-state index in [0.717, 1.165) is 25.3 Å². The molecule has 1 aromatic rings. The second-order valence-corrected chi connectivity index (χ2v) is 4.86. The lowest BCUT2D eigenvalue weighted by Gasteiger charge is -2.31. The van der Waals surface area contributed by atoms with E-state index < -0.39 is 11.7 Å². The number of halogens is 5. The summed E-state index contributed by atoms with van der Waals surface area (Å²) in [5.41, 5.74) is 5.67. The van der Waals surface area contributed by atoms with Crippen LogP contribution in [0.25, 0.3) is 0 Å². The number of hydrogen-bond acceptors (Lipinski definition) is 1. The quantitative estimate of drug-likeness (QED) is 0.850. The number of nitrogens with two attached hydrogens (primary N) is 1. The molecule has 1 nitrogen and oxygen atoms in total. The van der Waals surface area contributed by atoms with Crippen molar-refractivity contribution in [1.29, 1.82) is 0 Å². The van der Waals surface area contributed by atoms with Crippen LogP contribution in [0.2, 0.25) is 5.02 Å². The van der Waals surface area contributed by atoms with E-state index >= 15 is 0 Å². The molecule has 1 fully saturated rings. The molecule has 2 rings (SSSR count). The van der Waals surface area contributed by atoms with Gasteiger partial charge in [0.05, 0.1) is 10.6 Å². The zero-order valence-electron chi connectivity index (χ0n) is 9.51. The molecule has 1 aromatic carbocycles. The van der Waals surface area contributed by atoms with Crippen molar-refractivity contribution < 1.29 is 13.2 Å². The van der Waals surface area contributed by atoms with Crippen LogP contribution in [0.15, 0.2) is 18.2 Å². The van der Waals surface area contributed by atoms with Crippen LogP contribution in [0.1, 0.15) is 36.4 Å². The van der Waals surface area contributed by atoms with Crippen LogP contribution in [0.4, 0.5) is 13.2 Å². The maximum atomic E-state index is 12.7. The maximum absolute atomic E-state index is 12.7. The zero-order chi connectivity index (χ0) is 12.6. The SMILES string of the molecule is Cl.N[C@H](c1ccc(Cl)c(C(F)(F)F)c1)C1CCC1. The fourth-order valence-corrected chi connectivity index (χ4v) is 2.26. The van der Waals surface area contributed by atoms with Gasteiger partial charge < -0.3 is 5.73 Å². The minimum absolute atomic E-state index is 0. The predicted octanol–water partition coefficient (Wildman–Crippen LogP) is 4.58. The van der Waals surface area contributed by atoms with Gasteiger partial charge in [-0.1, -0.05) is 24.1 Å². The first kappa shape index (κ1) is 15.6. The molecule has 0 radical (unpaired) electrons. The van der Waals surface area contributed by atoms with Crippen molar-refractivity contribution in [2.45, 2.75) is 31.5 Å². The normalized spacial score (nSPS) is 17.8. The molecule has 0 unspecified atom stereocenters. The van der Waals surface area contributed by atoms with E-state index in [4.69, 9.17) is 17.3 Å². The summed E-state index contributed by atoms with van der Waals surface area (Å²) < 4.78 is 38.0. The molecule has 2 N–H and O–H groups in total. The zero-order valence-corrected chi connectivity index (χ0v) is 11.1. The van der Waals surface area contributed by atoms with E-state index in [1.54, 1.807) is 6.07 Å². The Hall–Kier alpha value is -0.450. The molecular formula is C12H14Cl2F3N. The van der Waals surface area contributed by atoms with Crippen LogP contribution in [-0.4, -0.2) is 0 Å². The Bertz CT molecular complexity index is 416. The molecule has 0 aliphatic heterocycles. The second-order valence-electron chi connectivity index (χ2n) is 4.45. The molecule has 1 aliphatic rings. The van der Waals surface area contributed by atoms with E-state index in [-0.39, 0.29) is 23.5 Å². The molecule has 102 valence electrons. The van der Waals surface area contributed by atoms with Gasteiger partial charge in [-0.2, -0.15) is 13.2 Å². The predicted molar refractivity (Wildman–Crippen MR) is 68.0 cm³/mol. The van der Waals surface area contributed by atoms with Crippen molar-refractivity contribution in [3.8, 4) is 0 Å². The van der Waals surface area contributed by atoms with Gasteiger partial charge in [0, 0.05) is 6.04 Å². The van der Waals surface area contributed by atoms with Gasteiger partial charge in [-0.3, -0.25) is 0 Å². The van der Waals surface area contributed by atoms with Crippen LogP contribution < -0.4 is 5.73 Å². The smallest absolute Gasteiger partial charge is 0.324 e. The molecule has 1 atom stereocenters. The topological polar surface area (TPSA) is 26.0 Å². The minimum Gasteiger partial charge on any atom is -0.324 e. The highest BCUT2D eigenvalue weighted by atomic mass is 35.5. The Labute approximate surface area is 115 Å². The first-order valence-corrected chi connectivity index (χ1v) is 5.89. The number of alkyl halides is 3. The summed E-state index contributed by atoms with van der Waals surface area (Å²) in [6.07, 6.45) is -1.33. The highest BCUT2D eigenvalue weighted by Gasteiger charge is 2.34. The lowest BCUT2D eigenvalue weighted by Crippen LogP contribution is -2.27. The van der Waals surface area contributed by atoms with Crippen molar-refractivity contribution in [3.05, 3.63) is 34.3 Å². The Balaban J connectivity index is 0.00000162. The van der Waals surface area contributed by atoms with Gasteiger partial charge in [-0.05, 0) is 36.5 Å². The number of rotatable bonds is 2. The molecule has 0 saturated heterocycles. The van der Waals surface area contributed by atoms with Gasteiger partial charge in [0.25, 0.3) is 0 Å². The minimum atomic E-state index is -4.42.